The van der Waals surface area contributed by atoms with Crippen LogP contribution in [0.3, 0.4) is 0 Å². The van der Waals surface area contributed by atoms with E-state index in [2.05, 4.69) is 16.7 Å². The third kappa shape index (κ3) is 6.09. The van der Waals surface area contributed by atoms with Crippen LogP contribution in [0.15, 0.2) is 34.5 Å². The molecule has 8 nitrogen and oxygen atoms in total. The largest absolute Gasteiger partial charge is 0.508 e. The molecule has 1 saturated heterocycles. The van der Waals surface area contributed by atoms with Gasteiger partial charge in [0.1, 0.15) is 18.6 Å². The Morgan fingerprint density at radius 3 is 2.71 bits per heavy atom. The lowest BCUT2D eigenvalue weighted by molar-refractivity contribution is -0.0621. The fourth-order valence-electron chi connectivity index (χ4n) is 3.45. The molecule has 28 heavy (non-hydrogen) atoms. The molecule has 0 spiro atoms. The maximum Gasteiger partial charge on any atom is 0.508 e. The van der Waals surface area contributed by atoms with Crippen molar-refractivity contribution in [1.82, 2.24) is 5.01 Å². The molecule has 2 heterocycles. The lowest BCUT2D eigenvalue weighted by atomic mass is 10.1. The van der Waals surface area contributed by atoms with E-state index in [-0.39, 0.29) is 18.9 Å². The van der Waals surface area contributed by atoms with Gasteiger partial charge in [-0.1, -0.05) is 39.3 Å². The quantitative estimate of drug-likeness (QED) is 0.694. The third-order valence-corrected chi connectivity index (χ3v) is 4.81. The Balaban J connectivity index is 0.00000136. The molecular weight excluding hydrogens is 360 g/mol. The van der Waals surface area contributed by atoms with E-state index in [4.69, 9.17) is 19.9 Å². The van der Waals surface area contributed by atoms with Gasteiger partial charge in [-0.15, -0.1) is 0 Å². The van der Waals surface area contributed by atoms with Crippen LogP contribution in [0.2, 0.25) is 0 Å². The number of hydrogen-bond donors (Lipinski definition) is 1. The summed E-state index contributed by atoms with van der Waals surface area (Å²) in [5.74, 6) is 0.840. The molecule has 3 rings (SSSR count). The van der Waals surface area contributed by atoms with E-state index in [0.29, 0.717) is 24.1 Å². The van der Waals surface area contributed by atoms with Crippen LogP contribution in [-0.4, -0.2) is 48.9 Å². The molecule has 0 aromatic heterocycles. The molecule has 1 saturated carbocycles. The molecule has 2 unspecified atom stereocenters. The monoisotopic (exact) mass is 392 g/mol. The number of amidine groups is 1. The van der Waals surface area contributed by atoms with Crippen LogP contribution in [0.4, 0.5) is 4.79 Å². The highest BCUT2D eigenvalue weighted by Crippen LogP contribution is 2.27. The van der Waals surface area contributed by atoms with Gasteiger partial charge in [-0.2, -0.15) is 5.10 Å². The number of allylic oxidation sites excluding steroid dienone is 2. The summed E-state index contributed by atoms with van der Waals surface area (Å²) < 4.78 is 16.3. The molecule has 3 aliphatic rings. The zero-order valence-corrected chi connectivity index (χ0v) is 16.9. The van der Waals surface area contributed by atoms with E-state index in [0.717, 1.165) is 25.7 Å². The van der Waals surface area contributed by atoms with Gasteiger partial charge in [0.2, 0.25) is 0 Å². The number of ether oxygens (including phenoxy) is 3. The van der Waals surface area contributed by atoms with E-state index in [1.54, 1.807) is 17.2 Å². The van der Waals surface area contributed by atoms with Gasteiger partial charge in [-0.05, 0) is 37.7 Å². The number of nitrogens with zero attached hydrogens (tertiary/aromatic N) is 3. The molecule has 8 heteroatoms. The first-order valence-corrected chi connectivity index (χ1v) is 10.1. The van der Waals surface area contributed by atoms with Gasteiger partial charge in [0.15, 0.2) is 12.1 Å². The second-order valence-electron chi connectivity index (χ2n) is 6.69. The Labute approximate surface area is 167 Å². The Morgan fingerprint density at radius 1 is 1.29 bits per heavy atom. The van der Waals surface area contributed by atoms with Crippen molar-refractivity contribution >= 4 is 18.3 Å². The minimum Gasteiger partial charge on any atom is -0.434 e. The molecule has 0 radical (unpaired) electrons. The summed E-state index contributed by atoms with van der Waals surface area (Å²) in [6.45, 7) is 8.30. The van der Waals surface area contributed by atoms with Crippen molar-refractivity contribution in [2.45, 2.75) is 64.7 Å². The average Bonchev–Trinajstić information content (AvgIpc) is 3.40. The first-order valence-electron chi connectivity index (χ1n) is 10.1. The predicted molar refractivity (Wildman–Crippen MR) is 109 cm³/mol. The van der Waals surface area contributed by atoms with Crippen LogP contribution >= 0.6 is 0 Å². The molecule has 156 valence electrons. The fourth-order valence-corrected chi connectivity index (χ4v) is 3.45. The summed E-state index contributed by atoms with van der Waals surface area (Å²) in [4.78, 5) is 15.7. The minimum atomic E-state index is -0.622. The number of rotatable bonds is 6. The Bertz CT molecular complexity index is 611. The average molecular weight is 393 g/mol. The van der Waals surface area contributed by atoms with Crippen LogP contribution in [0.1, 0.15) is 52.4 Å². The number of nitrogens with two attached hydrogens (primary N) is 1. The maximum atomic E-state index is 11.7. The lowest BCUT2D eigenvalue weighted by Gasteiger charge is -2.29. The molecule has 1 aliphatic carbocycles. The predicted octanol–water partition coefficient (Wildman–Crippen LogP) is 3.55. The number of hydrazone groups is 1. The maximum absolute atomic E-state index is 11.7. The van der Waals surface area contributed by atoms with Gasteiger partial charge in [-0.3, -0.25) is 0 Å². The van der Waals surface area contributed by atoms with Crippen LogP contribution in [0.5, 0.6) is 0 Å². The highest BCUT2D eigenvalue weighted by molar-refractivity contribution is 6.01. The first kappa shape index (κ1) is 21.9. The van der Waals surface area contributed by atoms with E-state index >= 15 is 0 Å². The van der Waals surface area contributed by atoms with Gasteiger partial charge >= 0.3 is 6.16 Å². The normalized spacial score (nSPS) is 25.9. The van der Waals surface area contributed by atoms with Crippen molar-refractivity contribution in [1.29, 1.82) is 0 Å². The second-order valence-corrected chi connectivity index (χ2v) is 6.69. The van der Waals surface area contributed by atoms with Crippen molar-refractivity contribution < 1.29 is 19.0 Å². The standard InChI is InChI=1S/C18H26N4O4.C2H6/c1-2-5-15-17(19)20-12-21-22(15)16-9-8-14(26-16)11-25-18(23)24-10-13-6-3-4-7-13;1-2/h2,5,12-14,16H,1,3-4,6-11H2,(H2,19,20,21);1-2H3/b15-5-;. The van der Waals surface area contributed by atoms with E-state index in [1.807, 2.05) is 13.8 Å². The summed E-state index contributed by atoms with van der Waals surface area (Å²) in [5, 5.41) is 5.92. The van der Waals surface area contributed by atoms with Crippen molar-refractivity contribution in [3.8, 4) is 0 Å². The van der Waals surface area contributed by atoms with Crippen LogP contribution < -0.4 is 5.73 Å². The molecule has 0 amide bonds. The van der Waals surface area contributed by atoms with Gasteiger partial charge in [0.25, 0.3) is 0 Å². The molecule has 2 aliphatic heterocycles. The second kappa shape index (κ2) is 11.5. The van der Waals surface area contributed by atoms with Crippen molar-refractivity contribution in [2.75, 3.05) is 13.2 Å². The third-order valence-electron chi connectivity index (χ3n) is 4.81. The molecular formula is C20H32N4O4. The topological polar surface area (TPSA) is 98.7 Å². The minimum absolute atomic E-state index is 0.168. The zero-order valence-electron chi connectivity index (χ0n) is 16.9. The van der Waals surface area contributed by atoms with Gasteiger partial charge < -0.3 is 19.9 Å². The van der Waals surface area contributed by atoms with Crippen molar-refractivity contribution in [2.24, 2.45) is 21.7 Å². The number of hydrogen-bond acceptors (Lipinski definition) is 8. The summed E-state index contributed by atoms with van der Waals surface area (Å²) in [5.41, 5.74) is 6.54. The molecule has 0 aromatic carbocycles. The van der Waals surface area contributed by atoms with Crippen molar-refractivity contribution in [3.63, 3.8) is 0 Å². The Hall–Kier alpha value is -2.35. The first-order chi connectivity index (χ1) is 13.7. The molecule has 0 bridgehead atoms. The smallest absolute Gasteiger partial charge is 0.434 e. The van der Waals surface area contributed by atoms with E-state index in [1.165, 1.54) is 19.2 Å². The number of aliphatic imine (C=N–C) groups is 1. The Kier molecular flexibility index (Phi) is 9.00. The fraction of sp³-hybridized carbons (Fsp3) is 0.650. The van der Waals surface area contributed by atoms with Gasteiger partial charge in [0.05, 0.1) is 12.7 Å². The number of carbonyl (C=O) groups excluding carboxylic acids is 1. The summed E-state index contributed by atoms with van der Waals surface area (Å²) in [6.07, 6.45) is 9.85. The van der Waals surface area contributed by atoms with Crippen LogP contribution in [-0.2, 0) is 14.2 Å². The van der Waals surface area contributed by atoms with Crippen molar-refractivity contribution in [3.05, 3.63) is 24.4 Å². The Morgan fingerprint density at radius 2 is 2.00 bits per heavy atom. The zero-order chi connectivity index (χ0) is 20.4. The van der Waals surface area contributed by atoms with Crippen LogP contribution in [0.25, 0.3) is 0 Å². The lowest BCUT2D eigenvalue weighted by Crippen LogP contribution is -2.38. The van der Waals surface area contributed by atoms with E-state index < -0.39 is 6.16 Å². The van der Waals surface area contributed by atoms with Crippen LogP contribution in [0, 0.1) is 5.92 Å². The summed E-state index contributed by atoms with van der Waals surface area (Å²) in [6, 6.07) is 0. The van der Waals surface area contributed by atoms with Gasteiger partial charge in [-0.25, -0.2) is 14.8 Å². The summed E-state index contributed by atoms with van der Waals surface area (Å²) >= 11 is 0. The summed E-state index contributed by atoms with van der Waals surface area (Å²) in [7, 11) is 0. The highest BCUT2D eigenvalue weighted by atomic mass is 16.7. The molecule has 2 N–H and O–H groups in total. The molecule has 2 atom stereocenters. The highest BCUT2D eigenvalue weighted by Gasteiger charge is 2.33. The van der Waals surface area contributed by atoms with E-state index in [9.17, 15) is 4.79 Å². The molecule has 0 aromatic rings. The SMILES string of the molecule is C=C/C=C1/C(N)=NC=NN1C1CCC(COC(=O)OCC2CCCC2)O1.CC. The van der Waals surface area contributed by atoms with Gasteiger partial charge in [0, 0.05) is 0 Å². The number of carbonyl (C=O) groups is 1. The molecule has 2 fully saturated rings.